The first kappa shape index (κ1) is 19.5. The van der Waals surface area contributed by atoms with E-state index < -0.39 is 28.9 Å². The van der Waals surface area contributed by atoms with Crippen LogP contribution in [0.15, 0.2) is 12.1 Å². The molecule has 2 aliphatic heterocycles. The molecule has 0 spiro atoms. The van der Waals surface area contributed by atoms with Crippen LogP contribution in [-0.4, -0.2) is 60.3 Å². The van der Waals surface area contributed by atoms with Crippen molar-refractivity contribution >= 4 is 6.09 Å². The van der Waals surface area contributed by atoms with Crippen molar-refractivity contribution in [2.24, 2.45) is 0 Å². The van der Waals surface area contributed by atoms with Crippen LogP contribution in [0.5, 0.6) is 0 Å². The molecule has 1 aromatic carbocycles. The van der Waals surface area contributed by atoms with Crippen molar-refractivity contribution in [3.8, 4) is 6.07 Å². The number of hydrogen-bond acceptors (Lipinski definition) is 5. The predicted octanol–water partition coefficient (Wildman–Crippen LogP) is 2.83. The SMILES string of the molecule is CC(C)(C)OC(=O)N1CCN2C[C@H](c3cc(F)c(C#N)c(F)c3)OC[C@H]2C1. The van der Waals surface area contributed by atoms with E-state index >= 15 is 0 Å². The third kappa shape index (κ3) is 4.37. The Morgan fingerprint density at radius 1 is 1.26 bits per heavy atom. The second-order valence-electron chi connectivity index (χ2n) is 7.87. The molecule has 2 aliphatic rings. The molecule has 0 bridgehead atoms. The number of morpholine rings is 1. The highest BCUT2D eigenvalue weighted by molar-refractivity contribution is 5.68. The first-order valence-electron chi connectivity index (χ1n) is 8.90. The zero-order valence-corrected chi connectivity index (χ0v) is 15.7. The summed E-state index contributed by atoms with van der Waals surface area (Å²) < 4.78 is 39.0. The summed E-state index contributed by atoms with van der Waals surface area (Å²) in [6.45, 7) is 7.92. The molecular weight excluding hydrogens is 356 g/mol. The quantitative estimate of drug-likeness (QED) is 0.751. The minimum absolute atomic E-state index is 0.00981. The zero-order valence-electron chi connectivity index (χ0n) is 15.7. The summed E-state index contributed by atoms with van der Waals surface area (Å²) in [6, 6.07) is 3.84. The lowest BCUT2D eigenvalue weighted by atomic mass is 10.0. The highest BCUT2D eigenvalue weighted by atomic mass is 19.1. The highest BCUT2D eigenvalue weighted by Gasteiger charge is 2.37. The molecule has 0 radical (unpaired) electrons. The summed E-state index contributed by atoms with van der Waals surface area (Å²) in [5.74, 6) is -1.76. The number of ether oxygens (including phenoxy) is 2. The summed E-state index contributed by atoms with van der Waals surface area (Å²) in [6.07, 6.45) is -0.827. The Kier molecular flexibility index (Phi) is 5.36. The third-order valence-corrected chi connectivity index (χ3v) is 4.69. The van der Waals surface area contributed by atoms with E-state index in [0.29, 0.717) is 38.3 Å². The van der Waals surface area contributed by atoms with Gasteiger partial charge >= 0.3 is 6.09 Å². The standard InChI is InChI=1S/C19H23F2N3O3/c1-19(2,3)27-18(25)24-5-4-23-10-17(26-11-13(23)9-24)12-6-15(20)14(8-22)16(21)7-12/h6-7,13,17H,4-5,9-11H2,1-3H3/t13-,17-/m1/s1. The lowest BCUT2D eigenvalue weighted by Crippen LogP contribution is -2.60. The molecule has 0 N–H and O–H groups in total. The molecule has 0 unspecified atom stereocenters. The molecule has 2 saturated heterocycles. The summed E-state index contributed by atoms with van der Waals surface area (Å²) in [4.78, 5) is 16.1. The van der Waals surface area contributed by atoms with E-state index in [9.17, 15) is 13.6 Å². The molecule has 0 aliphatic carbocycles. The van der Waals surface area contributed by atoms with Crippen LogP contribution in [0.25, 0.3) is 0 Å². The van der Waals surface area contributed by atoms with Gasteiger partial charge in [0, 0.05) is 26.2 Å². The molecule has 2 fully saturated rings. The number of carbonyl (C=O) groups excluding carboxylic acids is 1. The van der Waals surface area contributed by atoms with Gasteiger partial charge in [0.1, 0.15) is 28.9 Å². The van der Waals surface area contributed by atoms with Crippen molar-refractivity contribution in [3.05, 3.63) is 34.9 Å². The lowest BCUT2D eigenvalue weighted by molar-refractivity contribution is -0.0907. The number of rotatable bonds is 1. The Hall–Kier alpha value is -2.24. The number of fused-ring (bicyclic) bond motifs is 1. The van der Waals surface area contributed by atoms with Crippen molar-refractivity contribution in [1.29, 1.82) is 5.26 Å². The molecule has 8 heteroatoms. The van der Waals surface area contributed by atoms with Crippen LogP contribution in [-0.2, 0) is 9.47 Å². The molecule has 0 saturated carbocycles. The summed E-state index contributed by atoms with van der Waals surface area (Å²) >= 11 is 0. The van der Waals surface area contributed by atoms with Crippen LogP contribution >= 0.6 is 0 Å². The van der Waals surface area contributed by atoms with Crippen molar-refractivity contribution in [1.82, 2.24) is 9.80 Å². The van der Waals surface area contributed by atoms with Crippen molar-refractivity contribution in [2.45, 2.75) is 38.5 Å². The first-order valence-corrected chi connectivity index (χ1v) is 8.90. The summed E-state index contributed by atoms with van der Waals surface area (Å²) in [5, 5.41) is 8.78. The van der Waals surface area contributed by atoms with Gasteiger partial charge in [0.15, 0.2) is 0 Å². The highest BCUT2D eigenvalue weighted by Crippen LogP contribution is 2.29. The van der Waals surface area contributed by atoms with Gasteiger partial charge in [-0.25, -0.2) is 13.6 Å². The number of nitrogens with zero attached hydrogens (tertiary/aromatic N) is 3. The van der Waals surface area contributed by atoms with Gasteiger partial charge in [0.25, 0.3) is 0 Å². The van der Waals surface area contributed by atoms with Crippen molar-refractivity contribution < 1.29 is 23.0 Å². The average molecular weight is 379 g/mol. The van der Waals surface area contributed by atoms with Crippen LogP contribution < -0.4 is 0 Å². The van der Waals surface area contributed by atoms with Crippen molar-refractivity contribution in [3.63, 3.8) is 0 Å². The predicted molar refractivity (Wildman–Crippen MR) is 92.9 cm³/mol. The second kappa shape index (κ2) is 7.41. The van der Waals surface area contributed by atoms with Crippen LogP contribution in [0, 0.1) is 23.0 Å². The molecular formula is C19H23F2N3O3. The summed E-state index contributed by atoms with van der Waals surface area (Å²) in [5.41, 5.74) is -0.762. The molecule has 27 heavy (non-hydrogen) atoms. The number of piperazine rings is 1. The maximum Gasteiger partial charge on any atom is 0.410 e. The minimum atomic E-state index is -0.882. The fourth-order valence-electron chi connectivity index (χ4n) is 3.36. The molecule has 2 atom stereocenters. The number of nitriles is 1. The van der Waals surface area contributed by atoms with Crippen LogP contribution in [0.2, 0.25) is 0 Å². The Morgan fingerprint density at radius 2 is 1.93 bits per heavy atom. The number of halogens is 2. The Balaban J connectivity index is 1.65. The van der Waals surface area contributed by atoms with Gasteiger partial charge in [-0.3, -0.25) is 4.90 Å². The van der Waals surface area contributed by atoms with Crippen LogP contribution in [0.1, 0.15) is 38.0 Å². The largest absolute Gasteiger partial charge is 0.444 e. The van der Waals surface area contributed by atoms with Gasteiger partial charge in [-0.05, 0) is 38.5 Å². The van der Waals surface area contributed by atoms with Gasteiger partial charge < -0.3 is 14.4 Å². The van der Waals surface area contributed by atoms with Gasteiger partial charge in [0.2, 0.25) is 0 Å². The maximum absolute atomic E-state index is 13.9. The average Bonchev–Trinajstić information content (AvgIpc) is 2.59. The van der Waals surface area contributed by atoms with Gasteiger partial charge in [-0.15, -0.1) is 0 Å². The van der Waals surface area contributed by atoms with Gasteiger partial charge in [0.05, 0.1) is 18.8 Å². The fourth-order valence-corrected chi connectivity index (χ4v) is 3.36. The number of benzene rings is 1. The molecule has 6 nitrogen and oxygen atoms in total. The summed E-state index contributed by atoms with van der Waals surface area (Å²) in [7, 11) is 0. The zero-order chi connectivity index (χ0) is 19.8. The van der Waals surface area contributed by atoms with E-state index in [-0.39, 0.29) is 12.1 Å². The van der Waals surface area contributed by atoms with E-state index in [4.69, 9.17) is 14.7 Å². The Bertz CT molecular complexity index is 749. The topological polar surface area (TPSA) is 65.8 Å². The van der Waals surface area contributed by atoms with Crippen LogP contribution in [0.4, 0.5) is 13.6 Å². The maximum atomic E-state index is 13.9. The molecule has 146 valence electrons. The third-order valence-electron chi connectivity index (χ3n) is 4.69. The second-order valence-corrected chi connectivity index (χ2v) is 7.87. The van der Waals surface area contributed by atoms with E-state index in [1.165, 1.54) is 6.07 Å². The number of carbonyl (C=O) groups is 1. The fraction of sp³-hybridized carbons (Fsp3) is 0.579. The smallest absolute Gasteiger partial charge is 0.410 e. The normalized spacial score (nSPS) is 23.5. The van der Waals surface area contributed by atoms with Crippen molar-refractivity contribution in [2.75, 3.05) is 32.8 Å². The Labute approximate surface area is 157 Å². The van der Waals surface area contributed by atoms with E-state index in [1.807, 2.05) is 20.8 Å². The van der Waals surface area contributed by atoms with E-state index in [2.05, 4.69) is 4.90 Å². The van der Waals surface area contributed by atoms with E-state index in [0.717, 1.165) is 12.1 Å². The Morgan fingerprint density at radius 3 is 2.52 bits per heavy atom. The monoisotopic (exact) mass is 379 g/mol. The number of amides is 1. The number of hydrogen-bond donors (Lipinski definition) is 0. The molecule has 3 rings (SSSR count). The van der Waals surface area contributed by atoms with Gasteiger partial charge in [-0.1, -0.05) is 0 Å². The minimum Gasteiger partial charge on any atom is -0.444 e. The van der Waals surface area contributed by atoms with Gasteiger partial charge in [-0.2, -0.15) is 5.26 Å². The molecule has 1 aromatic rings. The molecule has 1 amide bonds. The van der Waals surface area contributed by atoms with Crippen LogP contribution in [0.3, 0.4) is 0 Å². The molecule has 2 heterocycles. The molecule has 0 aromatic heterocycles. The first-order chi connectivity index (χ1) is 12.7. The van der Waals surface area contributed by atoms with E-state index in [1.54, 1.807) is 4.90 Å². The lowest BCUT2D eigenvalue weighted by Gasteiger charge is -2.46.